The van der Waals surface area contributed by atoms with Crippen LogP contribution < -0.4 is 5.32 Å². The summed E-state index contributed by atoms with van der Waals surface area (Å²) in [6.07, 6.45) is 1.09. The summed E-state index contributed by atoms with van der Waals surface area (Å²) in [6.45, 7) is 5.50. The third kappa shape index (κ3) is 3.18. The topological polar surface area (TPSA) is 12.0 Å². The van der Waals surface area contributed by atoms with Gasteiger partial charge in [0.25, 0.3) is 0 Å². The maximum atomic E-state index is 6.19. The lowest BCUT2D eigenvalue weighted by Gasteiger charge is -2.29. The van der Waals surface area contributed by atoms with Crippen molar-refractivity contribution in [3.05, 3.63) is 68.7 Å². The number of rotatable bonds is 3. The number of halogens is 2. The fourth-order valence-corrected chi connectivity index (χ4v) is 3.89. The van der Waals surface area contributed by atoms with E-state index in [4.69, 9.17) is 11.6 Å². The van der Waals surface area contributed by atoms with Gasteiger partial charge >= 0.3 is 0 Å². The van der Waals surface area contributed by atoms with Gasteiger partial charge in [-0.15, -0.1) is 0 Å². The predicted octanol–water partition coefficient (Wildman–Crippen LogP) is 5.52. The second-order valence-electron chi connectivity index (χ2n) is 6.45. The zero-order valence-corrected chi connectivity index (χ0v) is 14.6. The molecule has 0 saturated heterocycles. The second kappa shape index (κ2) is 5.75. The molecule has 0 radical (unpaired) electrons. The van der Waals surface area contributed by atoms with E-state index in [9.17, 15) is 0 Å². The molecule has 1 aliphatic rings. The Bertz CT molecular complexity index is 666. The lowest BCUT2D eigenvalue weighted by molar-refractivity contribution is 0.268. The average molecular weight is 365 g/mol. The van der Waals surface area contributed by atoms with E-state index in [1.54, 1.807) is 0 Å². The fraction of sp³-hybridized carbons (Fsp3) is 0.333. The normalized spacial score (nSPS) is 19.5. The first-order chi connectivity index (χ1) is 9.95. The monoisotopic (exact) mass is 363 g/mol. The summed E-state index contributed by atoms with van der Waals surface area (Å²) in [5.74, 6) is 0. The van der Waals surface area contributed by atoms with Crippen molar-refractivity contribution in [3.8, 4) is 0 Å². The van der Waals surface area contributed by atoms with E-state index in [-0.39, 0.29) is 5.41 Å². The highest BCUT2D eigenvalue weighted by Gasteiger charge is 2.38. The van der Waals surface area contributed by atoms with Crippen molar-refractivity contribution >= 4 is 27.5 Å². The molecule has 0 spiro atoms. The third-order valence-electron chi connectivity index (χ3n) is 4.25. The molecule has 1 nitrogen and oxygen atoms in total. The molecule has 0 aliphatic heterocycles. The molecule has 0 saturated carbocycles. The Hall–Kier alpha value is -0.830. The minimum atomic E-state index is 0.207. The Labute approximate surface area is 139 Å². The van der Waals surface area contributed by atoms with Gasteiger partial charge in [0.1, 0.15) is 0 Å². The van der Waals surface area contributed by atoms with E-state index in [0.29, 0.717) is 6.04 Å². The van der Waals surface area contributed by atoms with Crippen molar-refractivity contribution in [2.45, 2.75) is 32.9 Å². The fourth-order valence-electron chi connectivity index (χ4n) is 3.26. The first-order valence-corrected chi connectivity index (χ1v) is 8.39. The number of hydrogen-bond donors (Lipinski definition) is 1. The smallest absolute Gasteiger partial charge is 0.0409 e. The molecule has 3 heteroatoms. The van der Waals surface area contributed by atoms with Crippen LogP contribution in [-0.4, -0.2) is 0 Å². The van der Waals surface area contributed by atoms with Gasteiger partial charge in [0.05, 0.1) is 0 Å². The Balaban J connectivity index is 1.83. The first-order valence-electron chi connectivity index (χ1n) is 7.22. The lowest BCUT2D eigenvalue weighted by Crippen LogP contribution is -2.30. The largest absolute Gasteiger partial charge is 0.305 e. The molecule has 21 heavy (non-hydrogen) atoms. The van der Waals surface area contributed by atoms with Crippen molar-refractivity contribution in [2.75, 3.05) is 0 Å². The molecule has 3 rings (SSSR count). The number of hydrogen-bond acceptors (Lipinski definition) is 1. The highest BCUT2D eigenvalue weighted by Crippen LogP contribution is 2.45. The van der Waals surface area contributed by atoms with E-state index in [0.717, 1.165) is 22.5 Å². The third-order valence-corrected chi connectivity index (χ3v) is 4.97. The predicted molar refractivity (Wildman–Crippen MR) is 92.7 cm³/mol. The average Bonchev–Trinajstić information content (AvgIpc) is 2.66. The van der Waals surface area contributed by atoms with Crippen LogP contribution in [0, 0.1) is 5.41 Å². The summed E-state index contributed by atoms with van der Waals surface area (Å²) < 4.78 is 1.12. The molecular weight excluding hydrogens is 346 g/mol. The Morgan fingerprint density at radius 3 is 2.81 bits per heavy atom. The maximum absolute atomic E-state index is 6.19. The van der Waals surface area contributed by atoms with Gasteiger partial charge in [-0.25, -0.2) is 0 Å². The molecule has 1 atom stereocenters. The van der Waals surface area contributed by atoms with E-state index >= 15 is 0 Å². The molecule has 1 unspecified atom stereocenters. The van der Waals surface area contributed by atoms with Gasteiger partial charge in [0, 0.05) is 22.1 Å². The summed E-state index contributed by atoms with van der Waals surface area (Å²) in [5, 5.41) is 4.54. The van der Waals surface area contributed by atoms with Crippen LogP contribution >= 0.6 is 27.5 Å². The minimum Gasteiger partial charge on any atom is -0.305 e. The number of benzene rings is 2. The molecule has 0 aromatic heterocycles. The summed E-state index contributed by atoms with van der Waals surface area (Å²) in [7, 11) is 0. The van der Waals surface area contributed by atoms with Crippen LogP contribution in [-0.2, 0) is 13.0 Å². The van der Waals surface area contributed by atoms with Crippen LogP contribution in [0.2, 0.25) is 5.02 Å². The van der Waals surface area contributed by atoms with Crippen LogP contribution in [0.4, 0.5) is 0 Å². The van der Waals surface area contributed by atoms with E-state index < -0.39 is 0 Å². The van der Waals surface area contributed by atoms with Crippen LogP contribution in [0.1, 0.15) is 36.6 Å². The number of nitrogens with one attached hydrogen (secondary N) is 1. The van der Waals surface area contributed by atoms with E-state index in [1.807, 2.05) is 6.07 Å². The SMILES string of the molecule is CC1(C)Cc2ccc(Cl)cc2C1NCc1cccc(Br)c1. The number of fused-ring (bicyclic) bond motifs is 1. The zero-order chi connectivity index (χ0) is 15.0. The van der Waals surface area contributed by atoms with Crippen molar-refractivity contribution in [3.63, 3.8) is 0 Å². The summed E-state index contributed by atoms with van der Waals surface area (Å²) in [6, 6.07) is 15.1. The van der Waals surface area contributed by atoms with Gasteiger partial charge < -0.3 is 5.32 Å². The second-order valence-corrected chi connectivity index (χ2v) is 7.80. The van der Waals surface area contributed by atoms with E-state index in [1.165, 1.54) is 16.7 Å². The molecule has 0 amide bonds. The summed E-state index contributed by atoms with van der Waals surface area (Å²) >= 11 is 9.71. The van der Waals surface area contributed by atoms with Crippen molar-refractivity contribution in [1.29, 1.82) is 0 Å². The van der Waals surface area contributed by atoms with Crippen LogP contribution in [0.25, 0.3) is 0 Å². The van der Waals surface area contributed by atoms with Gasteiger partial charge in [-0.3, -0.25) is 0 Å². The highest BCUT2D eigenvalue weighted by atomic mass is 79.9. The van der Waals surface area contributed by atoms with Gasteiger partial charge in [0.2, 0.25) is 0 Å². The maximum Gasteiger partial charge on any atom is 0.0409 e. The molecule has 0 bridgehead atoms. The Kier molecular flexibility index (Phi) is 4.13. The highest BCUT2D eigenvalue weighted by molar-refractivity contribution is 9.10. The Morgan fingerprint density at radius 2 is 2.05 bits per heavy atom. The zero-order valence-electron chi connectivity index (χ0n) is 12.3. The molecule has 0 fully saturated rings. The van der Waals surface area contributed by atoms with Gasteiger partial charge in [-0.1, -0.05) is 59.6 Å². The Morgan fingerprint density at radius 1 is 1.24 bits per heavy atom. The molecule has 2 aromatic rings. The first kappa shape index (κ1) is 15.1. The summed E-state index contributed by atoms with van der Waals surface area (Å²) in [4.78, 5) is 0. The minimum absolute atomic E-state index is 0.207. The summed E-state index contributed by atoms with van der Waals surface area (Å²) in [5.41, 5.74) is 4.26. The van der Waals surface area contributed by atoms with Crippen LogP contribution in [0.3, 0.4) is 0 Å². The molecule has 0 heterocycles. The van der Waals surface area contributed by atoms with Gasteiger partial charge in [0.15, 0.2) is 0 Å². The van der Waals surface area contributed by atoms with Crippen LogP contribution in [0.5, 0.6) is 0 Å². The quantitative estimate of drug-likeness (QED) is 0.756. The lowest BCUT2D eigenvalue weighted by atomic mass is 9.85. The van der Waals surface area contributed by atoms with Crippen LogP contribution in [0.15, 0.2) is 46.9 Å². The van der Waals surface area contributed by atoms with Crippen molar-refractivity contribution < 1.29 is 0 Å². The molecule has 2 aromatic carbocycles. The standard InChI is InChI=1S/C18H19BrClN/c1-18(2)10-13-6-7-15(20)9-16(13)17(18)21-11-12-4-3-5-14(19)8-12/h3-9,17,21H,10-11H2,1-2H3. The van der Waals surface area contributed by atoms with E-state index in [2.05, 4.69) is 71.5 Å². The molecule has 1 aliphatic carbocycles. The van der Waals surface area contributed by atoms with Crippen molar-refractivity contribution in [1.82, 2.24) is 5.32 Å². The molecule has 1 N–H and O–H groups in total. The van der Waals surface area contributed by atoms with Crippen molar-refractivity contribution in [2.24, 2.45) is 5.41 Å². The van der Waals surface area contributed by atoms with Gasteiger partial charge in [-0.05, 0) is 52.8 Å². The van der Waals surface area contributed by atoms with Gasteiger partial charge in [-0.2, -0.15) is 0 Å². The molecule has 110 valence electrons. The molecular formula is C18H19BrClN.